The monoisotopic (exact) mass is 287 g/mol. The van der Waals surface area contributed by atoms with Crippen molar-refractivity contribution in [2.45, 2.75) is 19.4 Å². The summed E-state index contributed by atoms with van der Waals surface area (Å²) in [6.07, 6.45) is 0.819. The van der Waals surface area contributed by atoms with Gasteiger partial charge in [-0.2, -0.15) is 0 Å². The van der Waals surface area contributed by atoms with E-state index in [1.807, 2.05) is 6.92 Å². The van der Waals surface area contributed by atoms with Crippen molar-refractivity contribution in [1.29, 1.82) is 0 Å². The van der Waals surface area contributed by atoms with Crippen molar-refractivity contribution in [3.8, 4) is 0 Å². The Hall–Kier alpha value is -1.83. The number of carbonyl (C=O) groups excluding carboxylic acids is 2. The quantitative estimate of drug-likeness (QED) is 0.596. The highest BCUT2D eigenvalue weighted by Gasteiger charge is 2.38. The number of nitrogens with zero attached hydrogens (tertiary/aromatic N) is 1. The molecule has 1 fully saturated rings. The van der Waals surface area contributed by atoms with Gasteiger partial charge in [0.15, 0.2) is 0 Å². The van der Waals surface area contributed by atoms with Crippen molar-refractivity contribution >= 4 is 17.9 Å². The summed E-state index contributed by atoms with van der Waals surface area (Å²) in [5.74, 6) is -2.00. The average Bonchev–Trinajstić information content (AvgIpc) is 2.90. The van der Waals surface area contributed by atoms with Gasteiger partial charge in [0.25, 0.3) is 0 Å². The van der Waals surface area contributed by atoms with Gasteiger partial charge in [-0.05, 0) is 6.42 Å². The first-order valence-electron chi connectivity index (χ1n) is 6.55. The van der Waals surface area contributed by atoms with Crippen LogP contribution >= 0.6 is 0 Å². The molecule has 1 rings (SSSR count). The Morgan fingerprint density at radius 1 is 1.30 bits per heavy atom. The molecule has 1 heterocycles. The summed E-state index contributed by atoms with van der Waals surface area (Å²) in [6, 6.07) is -1.01. The number of likely N-dealkylation sites (N-methyl/N-ethyl adjacent to an activating group) is 1. The molecule has 3 amide bonds. The number of carboxylic acids is 1. The van der Waals surface area contributed by atoms with E-state index in [9.17, 15) is 14.4 Å². The minimum absolute atomic E-state index is 0.0919. The zero-order valence-corrected chi connectivity index (χ0v) is 11.7. The van der Waals surface area contributed by atoms with Crippen LogP contribution in [0.2, 0.25) is 0 Å². The van der Waals surface area contributed by atoms with Gasteiger partial charge in [-0.25, -0.2) is 4.79 Å². The molecule has 0 aromatic rings. The predicted octanol–water partition coefficient (Wildman–Crippen LogP) is -0.746. The van der Waals surface area contributed by atoms with Gasteiger partial charge in [0.2, 0.25) is 5.91 Å². The normalized spacial score (nSPS) is 21.3. The van der Waals surface area contributed by atoms with E-state index < -0.39 is 24.0 Å². The van der Waals surface area contributed by atoms with Crippen LogP contribution in [0.4, 0.5) is 4.79 Å². The fraction of sp³-hybridized carbons (Fsp3) is 0.750. The third-order valence-electron chi connectivity index (χ3n) is 3.16. The topological polar surface area (TPSA) is 108 Å². The van der Waals surface area contributed by atoms with Gasteiger partial charge < -0.3 is 25.4 Å². The lowest BCUT2D eigenvalue weighted by Crippen LogP contribution is -2.50. The molecule has 0 aromatic heterocycles. The smallest absolute Gasteiger partial charge is 0.317 e. The van der Waals surface area contributed by atoms with E-state index in [1.54, 1.807) is 0 Å². The molecule has 0 spiro atoms. The van der Waals surface area contributed by atoms with Crippen LogP contribution < -0.4 is 10.6 Å². The minimum atomic E-state index is -0.993. The Bertz CT molecular complexity index is 374. The van der Waals surface area contributed by atoms with Crippen LogP contribution in [0.1, 0.15) is 13.3 Å². The number of rotatable bonds is 6. The molecule has 2 atom stereocenters. The first kappa shape index (κ1) is 16.2. The van der Waals surface area contributed by atoms with Crippen LogP contribution in [0.15, 0.2) is 0 Å². The summed E-state index contributed by atoms with van der Waals surface area (Å²) in [5, 5.41) is 14.1. The first-order chi connectivity index (χ1) is 9.47. The van der Waals surface area contributed by atoms with Crippen LogP contribution in [0.3, 0.4) is 0 Å². The van der Waals surface area contributed by atoms with Gasteiger partial charge in [-0.1, -0.05) is 6.92 Å². The molecule has 1 saturated heterocycles. The molecule has 0 aromatic carbocycles. The summed E-state index contributed by atoms with van der Waals surface area (Å²) < 4.78 is 5.10. The number of hydrogen-bond acceptors (Lipinski definition) is 4. The van der Waals surface area contributed by atoms with Crippen molar-refractivity contribution in [2.75, 3.05) is 33.4 Å². The molecule has 0 aliphatic carbocycles. The number of carboxylic acid groups (broad SMARTS) is 1. The molecular weight excluding hydrogens is 266 g/mol. The largest absolute Gasteiger partial charge is 0.481 e. The van der Waals surface area contributed by atoms with Crippen LogP contribution in [-0.4, -0.2) is 67.3 Å². The summed E-state index contributed by atoms with van der Waals surface area (Å²) in [5.41, 5.74) is 0. The second-order valence-electron chi connectivity index (χ2n) is 4.67. The van der Waals surface area contributed by atoms with Crippen molar-refractivity contribution in [3.63, 3.8) is 0 Å². The molecule has 1 aliphatic heterocycles. The molecule has 8 nitrogen and oxygen atoms in total. The van der Waals surface area contributed by atoms with E-state index in [1.165, 1.54) is 11.9 Å². The Balaban J connectivity index is 2.42. The van der Waals surface area contributed by atoms with Crippen molar-refractivity contribution in [2.24, 2.45) is 5.92 Å². The number of amides is 3. The van der Waals surface area contributed by atoms with E-state index in [4.69, 9.17) is 9.84 Å². The van der Waals surface area contributed by atoms with Crippen LogP contribution in [0.25, 0.3) is 0 Å². The molecule has 20 heavy (non-hydrogen) atoms. The molecule has 0 bridgehead atoms. The maximum atomic E-state index is 11.9. The van der Waals surface area contributed by atoms with Gasteiger partial charge >= 0.3 is 12.0 Å². The third-order valence-corrected chi connectivity index (χ3v) is 3.16. The highest BCUT2D eigenvalue weighted by molar-refractivity contribution is 5.84. The number of aliphatic carboxylic acids is 1. The van der Waals surface area contributed by atoms with E-state index in [0.717, 1.165) is 6.42 Å². The van der Waals surface area contributed by atoms with E-state index >= 15 is 0 Å². The van der Waals surface area contributed by atoms with Crippen molar-refractivity contribution in [1.82, 2.24) is 15.5 Å². The van der Waals surface area contributed by atoms with Gasteiger partial charge in [0, 0.05) is 13.6 Å². The van der Waals surface area contributed by atoms with Gasteiger partial charge in [-0.15, -0.1) is 0 Å². The molecule has 0 radical (unpaired) electrons. The standard InChI is InChI=1S/C12H21N3O5/c1-3-4-13-10(16)5-14-12(19)15(2)9-7-20-6-8(9)11(17)18/h8-9H,3-7H2,1-2H3,(H,13,16)(H,14,19)(H,17,18). The lowest BCUT2D eigenvalue weighted by Gasteiger charge is -2.26. The summed E-state index contributed by atoms with van der Waals surface area (Å²) in [7, 11) is 1.49. The third kappa shape index (κ3) is 4.37. The lowest BCUT2D eigenvalue weighted by atomic mass is 10.0. The lowest BCUT2D eigenvalue weighted by molar-refractivity contribution is -0.142. The summed E-state index contributed by atoms with van der Waals surface area (Å²) in [6.45, 7) is 2.63. The fourth-order valence-electron chi connectivity index (χ4n) is 1.92. The van der Waals surface area contributed by atoms with E-state index in [-0.39, 0.29) is 25.7 Å². The first-order valence-corrected chi connectivity index (χ1v) is 6.55. The molecule has 114 valence electrons. The SMILES string of the molecule is CCCNC(=O)CNC(=O)N(C)C1COCC1C(=O)O. The second-order valence-corrected chi connectivity index (χ2v) is 4.67. The predicted molar refractivity (Wildman–Crippen MR) is 70.2 cm³/mol. The zero-order chi connectivity index (χ0) is 15.1. The Morgan fingerprint density at radius 2 is 2.00 bits per heavy atom. The Kier molecular flexibility index (Phi) is 6.23. The van der Waals surface area contributed by atoms with Crippen LogP contribution in [0, 0.1) is 5.92 Å². The van der Waals surface area contributed by atoms with Crippen LogP contribution in [0.5, 0.6) is 0 Å². The molecule has 8 heteroatoms. The molecule has 3 N–H and O–H groups in total. The molecular formula is C12H21N3O5. The van der Waals surface area contributed by atoms with E-state index in [2.05, 4.69) is 10.6 Å². The van der Waals surface area contributed by atoms with Crippen molar-refractivity contribution in [3.05, 3.63) is 0 Å². The van der Waals surface area contributed by atoms with Gasteiger partial charge in [-0.3, -0.25) is 9.59 Å². The highest BCUT2D eigenvalue weighted by Crippen LogP contribution is 2.18. The number of carbonyl (C=O) groups is 3. The Morgan fingerprint density at radius 3 is 2.60 bits per heavy atom. The number of nitrogens with one attached hydrogen (secondary N) is 2. The van der Waals surface area contributed by atoms with Gasteiger partial charge in [0.05, 0.1) is 25.8 Å². The molecule has 1 aliphatic rings. The summed E-state index contributed by atoms with van der Waals surface area (Å²) in [4.78, 5) is 35.5. The highest BCUT2D eigenvalue weighted by atomic mass is 16.5. The number of ether oxygens (including phenoxy) is 1. The number of urea groups is 1. The molecule has 0 saturated carbocycles. The average molecular weight is 287 g/mol. The summed E-state index contributed by atoms with van der Waals surface area (Å²) >= 11 is 0. The second kappa shape index (κ2) is 7.68. The van der Waals surface area contributed by atoms with Crippen LogP contribution in [-0.2, 0) is 14.3 Å². The number of hydrogen-bond donors (Lipinski definition) is 3. The van der Waals surface area contributed by atoms with Gasteiger partial charge in [0.1, 0.15) is 5.92 Å². The maximum Gasteiger partial charge on any atom is 0.317 e. The van der Waals surface area contributed by atoms with Crippen molar-refractivity contribution < 1.29 is 24.2 Å². The molecule has 2 unspecified atom stereocenters. The Labute approximate surface area is 117 Å². The zero-order valence-electron chi connectivity index (χ0n) is 11.7. The minimum Gasteiger partial charge on any atom is -0.481 e. The van der Waals surface area contributed by atoms with E-state index in [0.29, 0.717) is 6.54 Å². The fourth-order valence-corrected chi connectivity index (χ4v) is 1.92. The maximum absolute atomic E-state index is 11.9.